The summed E-state index contributed by atoms with van der Waals surface area (Å²) in [6.07, 6.45) is 0. The molecule has 0 bridgehead atoms. The number of methoxy groups -OCH3 is 1. The van der Waals surface area contributed by atoms with Crippen molar-refractivity contribution < 1.29 is 18.8 Å². The lowest BCUT2D eigenvalue weighted by Crippen LogP contribution is -2.06. The molecule has 2 N–H and O–H groups in total. The van der Waals surface area contributed by atoms with E-state index in [0.29, 0.717) is 16.9 Å². The van der Waals surface area contributed by atoms with Crippen LogP contribution in [-0.4, -0.2) is 12.3 Å². The number of rotatable bonds is 3. The molecule has 0 fully saturated rings. The Balaban J connectivity index is 2.51. The van der Waals surface area contributed by atoms with Crippen molar-refractivity contribution >= 4 is 21.9 Å². The highest BCUT2D eigenvalue weighted by atomic mass is 16.5. The Labute approximate surface area is 109 Å². The summed E-state index contributed by atoms with van der Waals surface area (Å²) in [6, 6.07) is 3.83. The van der Waals surface area contributed by atoms with Crippen molar-refractivity contribution in [3.63, 3.8) is 0 Å². The summed E-state index contributed by atoms with van der Waals surface area (Å²) in [4.78, 5) is 0. The standard InChI is InChI=1S/C14H15NO4/c1-7-4-9-11(6-15-16)12-10(5-8(2)18-12)13(17-3)14(9)19-7/h4-5,15-16H,6H2,1-3H3. The molecule has 2 aromatic heterocycles. The minimum atomic E-state index is 0.281. The van der Waals surface area contributed by atoms with Gasteiger partial charge in [0.25, 0.3) is 0 Å². The van der Waals surface area contributed by atoms with Crippen LogP contribution in [0.5, 0.6) is 5.75 Å². The number of fused-ring (bicyclic) bond motifs is 2. The predicted molar refractivity (Wildman–Crippen MR) is 70.6 cm³/mol. The first kappa shape index (κ1) is 12.1. The van der Waals surface area contributed by atoms with E-state index < -0.39 is 0 Å². The third-order valence-electron chi connectivity index (χ3n) is 3.22. The van der Waals surface area contributed by atoms with Gasteiger partial charge in [-0.2, -0.15) is 0 Å². The maximum absolute atomic E-state index is 9.03. The van der Waals surface area contributed by atoms with Gasteiger partial charge in [0, 0.05) is 10.9 Å². The van der Waals surface area contributed by atoms with E-state index in [1.807, 2.05) is 26.0 Å². The molecule has 0 amide bonds. The number of aryl methyl sites for hydroxylation is 2. The van der Waals surface area contributed by atoms with Crippen molar-refractivity contribution in [2.24, 2.45) is 0 Å². The lowest BCUT2D eigenvalue weighted by atomic mass is 10.1. The Hall–Kier alpha value is -1.98. The van der Waals surface area contributed by atoms with E-state index in [1.165, 1.54) is 0 Å². The Bertz CT molecular complexity index is 696. The topological polar surface area (TPSA) is 67.8 Å². The molecule has 2 heterocycles. The third-order valence-corrected chi connectivity index (χ3v) is 3.22. The molecule has 0 saturated heterocycles. The van der Waals surface area contributed by atoms with E-state index in [1.54, 1.807) is 7.11 Å². The van der Waals surface area contributed by atoms with Crippen LogP contribution in [-0.2, 0) is 6.54 Å². The van der Waals surface area contributed by atoms with Crippen LogP contribution in [0.2, 0.25) is 0 Å². The summed E-state index contributed by atoms with van der Waals surface area (Å²) >= 11 is 0. The molecule has 0 aliphatic heterocycles. The van der Waals surface area contributed by atoms with Gasteiger partial charge in [0.05, 0.1) is 19.0 Å². The SMILES string of the molecule is COc1c2cc(C)oc2c(CNO)c2cc(C)oc12. The van der Waals surface area contributed by atoms with Crippen LogP contribution in [0, 0.1) is 13.8 Å². The fraction of sp³-hybridized carbons (Fsp3) is 0.286. The molecular weight excluding hydrogens is 246 g/mol. The smallest absolute Gasteiger partial charge is 0.177 e. The van der Waals surface area contributed by atoms with Crippen molar-refractivity contribution in [2.45, 2.75) is 20.4 Å². The van der Waals surface area contributed by atoms with Crippen LogP contribution in [0.1, 0.15) is 17.1 Å². The average Bonchev–Trinajstić information content (AvgIpc) is 2.92. The maximum atomic E-state index is 9.03. The summed E-state index contributed by atoms with van der Waals surface area (Å²) in [5, 5.41) is 10.8. The highest BCUT2D eigenvalue weighted by Gasteiger charge is 2.20. The molecule has 0 spiro atoms. The highest BCUT2D eigenvalue weighted by Crippen LogP contribution is 2.41. The zero-order valence-corrected chi connectivity index (χ0v) is 11.0. The van der Waals surface area contributed by atoms with Crippen molar-refractivity contribution in [3.8, 4) is 5.75 Å². The van der Waals surface area contributed by atoms with Gasteiger partial charge in [0.2, 0.25) is 0 Å². The minimum absolute atomic E-state index is 0.281. The van der Waals surface area contributed by atoms with Crippen LogP contribution < -0.4 is 10.2 Å². The number of benzene rings is 1. The van der Waals surface area contributed by atoms with Crippen LogP contribution in [0.25, 0.3) is 21.9 Å². The highest BCUT2D eigenvalue weighted by molar-refractivity contribution is 6.04. The van der Waals surface area contributed by atoms with E-state index in [9.17, 15) is 0 Å². The number of furan rings is 2. The molecule has 0 atom stereocenters. The summed E-state index contributed by atoms with van der Waals surface area (Å²) in [5.41, 5.74) is 4.43. The Kier molecular flexibility index (Phi) is 2.73. The molecule has 19 heavy (non-hydrogen) atoms. The van der Waals surface area contributed by atoms with Crippen molar-refractivity contribution in [1.29, 1.82) is 0 Å². The molecule has 100 valence electrons. The molecule has 3 aromatic rings. The quantitative estimate of drug-likeness (QED) is 0.708. The van der Waals surface area contributed by atoms with E-state index >= 15 is 0 Å². The lowest BCUT2D eigenvalue weighted by molar-refractivity contribution is 0.161. The van der Waals surface area contributed by atoms with Gasteiger partial charge in [-0.05, 0) is 26.0 Å². The second kappa shape index (κ2) is 4.29. The van der Waals surface area contributed by atoms with E-state index in [4.69, 9.17) is 18.8 Å². The summed E-state index contributed by atoms with van der Waals surface area (Å²) in [7, 11) is 1.61. The van der Waals surface area contributed by atoms with Gasteiger partial charge in [-0.3, -0.25) is 0 Å². The molecule has 0 saturated carbocycles. The Morgan fingerprint density at radius 2 is 1.74 bits per heavy atom. The van der Waals surface area contributed by atoms with Gasteiger partial charge >= 0.3 is 0 Å². The monoisotopic (exact) mass is 261 g/mol. The summed E-state index contributed by atoms with van der Waals surface area (Å²) < 4.78 is 16.9. The second-order valence-corrected chi connectivity index (χ2v) is 4.55. The van der Waals surface area contributed by atoms with Gasteiger partial charge < -0.3 is 18.8 Å². The van der Waals surface area contributed by atoms with Crippen molar-refractivity contribution in [3.05, 3.63) is 29.2 Å². The third kappa shape index (κ3) is 1.70. The molecular formula is C14H15NO4. The molecule has 5 heteroatoms. The van der Waals surface area contributed by atoms with Gasteiger partial charge in [-0.25, -0.2) is 5.48 Å². The molecule has 3 rings (SSSR count). The fourth-order valence-corrected chi connectivity index (χ4v) is 2.52. The van der Waals surface area contributed by atoms with Gasteiger partial charge in [0.15, 0.2) is 11.3 Å². The second-order valence-electron chi connectivity index (χ2n) is 4.55. The maximum Gasteiger partial charge on any atom is 0.177 e. The number of hydrogen-bond donors (Lipinski definition) is 2. The molecule has 0 unspecified atom stereocenters. The number of hydrogen-bond acceptors (Lipinski definition) is 5. The zero-order valence-electron chi connectivity index (χ0n) is 11.0. The van der Waals surface area contributed by atoms with Crippen LogP contribution in [0.4, 0.5) is 0 Å². The van der Waals surface area contributed by atoms with Crippen molar-refractivity contribution in [2.75, 3.05) is 7.11 Å². The predicted octanol–water partition coefficient (Wildman–Crippen LogP) is 3.28. The first-order chi connectivity index (χ1) is 9.15. The normalized spacial score (nSPS) is 11.6. The molecule has 1 aromatic carbocycles. The summed E-state index contributed by atoms with van der Waals surface area (Å²) in [5.74, 6) is 2.24. The zero-order chi connectivity index (χ0) is 13.6. The largest absolute Gasteiger partial charge is 0.492 e. The first-order valence-electron chi connectivity index (χ1n) is 6.01. The fourth-order valence-electron chi connectivity index (χ4n) is 2.52. The molecule has 0 aliphatic carbocycles. The van der Waals surface area contributed by atoms with Gasteiger partial charge in [-0.1, -0.05) is 0 Å². The van der Waals surface area contributed by atoms with E-state index in [2.05, 4.69) is 5.48 Å². The van der Waals surface area contributed by atoms with Crippen LogP contribution >= 0.6 is 0 Å². The minimum Gasteiger partial charge on any atom is -0.492 e. The van der Waals surface area contributed by atoms with Gasteiger partial charge in [-0.15, -0.1) is 0 Å². The van der Waals surface area contributed by atoms with Crippen LogP contribution in [0.3, 0.4) is 0 Å². The lowest BCUT2D eigenvalue weighted by Gasteiger charge is -2.07. The summed E-state index contributed by atoms with van der Waals surface area (Å²) in [6.45, 7) is 4.04. The number of hydroxylamine groups is 1. The number of nitrogens with one attached hydrogen (secondary N) is 1. The van der Waals surface area contributed by atoms with E-state index in [0.717, 1.165) is 27.9 Å². The average molecular weight is 261 g/mol. The Morgan fingerprint density at radius 3 is 2.37 bits per heavy atom. The van der Waals surface area contributed by atoms with Crippen LogP contribution in [0.15, 0.2) is 21.0 Å². The molecule has 0 radical (unpaired) electrons. The number of ether oxygens (including phenoxy) is 1. The van der Waals surface area contributed by atoms with E-state index in [-0.39, 0.29) is 6.54 Å². The van der Waals surface area contributed by atoms with Crippen molar-refractivity contribution in [1.82, 2.24) is 5.48 Å². The molecule has 5 nitrogen and oxygen atoms in total. The molecule has 0 aliphatic rings. The van der Waals surface area contributed by atoms with Gasteiger partial charge in [0.1, 0.15) is 17.1 Å². The first-order valence-corrected chi connectivity index (χ1v) is 6.01. The Morgan fingerprint density at radius 1 is 1.11 bits per heavy atom.